The van der Waals surface area contributed by atoms with E-state index in [9.17, 15) is 15.2 Å². The number of aromatic nitrogens is 1. The van der Waals surface area contributed by atoms with Gasteiger partial charge in [0.2, 0.25) is 0 Å². The Balaban J connectivity index is 1.26. The molecule has 0 spiro atoms. The van der Waals surface area contributed by atoms with E-state index in [2.05, 4.69) is 16.0 Å². The van der Waals surface area contributed by atoms with Crippen molar-refractivity contribution in [3.8, 4) is 40.0 Å². The summed E-state index contributed by atoms with van der Waals surface area (Å²) in [5, 5.41) is 19.1. The summed E-state index contributed by atoms with van der Waals surface area (Å²) in [6, 6.07) is 17.0. The Kier molecular flexibility index (Phi) is 8.56. The number of nitrogens with zero attached hydrogens (tertiary/aromatic N) is 4. The number of ether oxygens (including phenoxy) is 3. The lowest BCUT2D eigenvalue weighted by Gasteiger charge is -2.34. The third-order valence-corrected chi connectivity index (χ3v) is 8.08. The number of carbonyl (C=O) groups is 1. The molecule has 0 atom stereocenters. The molecule has 222 valence electrons. The Bertz CT molecular complexity index is 1650. The molecule has 0 saturated carbocycles. The van der Waals surface area contributed by atoms with Gasteiger partial charge in [-0.1, -0.05) is 12.1 Å². The van der Waals surface area contributed by atoms with Gasteiger partial charge in [0.1, 0.15) is 34.9 Å². The number of rotatable bonds is 8. The molecule has 10 heteroatoms. The number of piperazine rings is 1. The Morgan fingerprint density at radius 3 is 2.58 bits per heavy atom. The van der Waals surface area contributed by atoms with Gasteiger partial charge in [-0.25, -0.2) is 0 Å². The summed E-state index contributed by atoms with van der Waals surface area (Å²) in [4.78, 5) is 21.8. The van der Waals surface area contributed by atoms with Crippen LogP contribution in [-0.4, -0.2) is 91.6 Å². The van der Waals surface area contributed by atoms with Gasteiger partial charge < -0.3 is 28.6 Å². The Morgan fingerprint density at radius 1 is 1.05 bits per heavy atom. The monoisotopic (exact) mass is 582 g/mol. The molecular formula is C33H34N4O6. The molecule has 6 rings (SSSR count). The van der Waals surface area contributed by atoms with E-state index in [0.717, 1.165) is 42.6 Å². The van der Waals surface area contributed by atoms with Gasteiger partial charge >= 0.3 is 0 Å². The summed E-state index contributed by atoms with van der Waals surface area (Å²) in [6.45, 7) is 4.69. The number of amides is 1. The largest absolute Gasteiger partial charge is 0.496 e. The fraction of sp³-hybridized carbons (Fsp3) is 0.364. The van der Waals surface area contributed by atoms with Crippen molar-refractivity contribution in [1.29, 1.82) is 5.26 Å². The van der Waals surface area contributed by atoms with Crippen LogP contribution in [0.3, 0.4) is 0 Å². The minimum atomic E-state index is -0.0850. The molecule has 2 saturated heterocycles. The van der Waals surface area contributed by atoms with Gasteiger partial charge in [0.15, 0.2) is 5.58 Å². The summed E-state index contributed by atoms with van der Waals surface area (Å²) in [6.07, 6.45) is 3.36. The fourth-order valence-corrected chi connectivity index (χ4v) is 5.68. The summed E-state index contributed by atoms with van der Waals surface area (Å²) < 4.78 is 23.5. The number of aliphatic hydroxyl groups excluding tert-OH is 1. The predicted octanol–water partition coefficient (Wildman–Crippen LogP) is 4.35. The summed E-state index contributed by atoms with van der Waals surface area (Å²) in [7, 11) is 1.55. The average Bonchev–Trinajstić information content (AvgIpc) is 3.50. The second-order valence-electron chi connectivity index (χ2n) is 10.7. The molecular weight excluding hydrogens is 548 g/mol. The van der Waals surface area contributed by atoms with E-state index in [1.165, 1.54) is 0 Å². The van der Waals surface area contributed by atoms with Crippen molar-refractivity contribution in [1.82, 2.24) is 14.8 Å². The van der Waals surface area contributed by atoms with Crippen LogP contribution in [0.5, 0.6) is 11.5 Å². The predicted molar refractivity (Wildman–Crippen MR) is 160 cm³/mol. The van der Waals surface area contributed by atoms with Gasteiger partial charge in [0.05, 0.1) is 38.1 Å². The molecule has 1 N–H and O–H groups in total. The minimum absolute atomic E-state index is 0.0349. The van der Waals surface area contributed by atoms with Crippen LogP contribution in [0.1, 0.15) is 28.8 Å². The fourth-order valence-electron chi connectivity index (χ4n) is 5.68. The van der Waals surface area contributed by atoms with E-state index < -0.39 is 0 Å². The van der Waals surface area contributed by atoms with Gasteiger partial charge in [-0.3, -0.25) is 14.7 Å². The molecule has 4 aromatic rings. The lowest BCUT2D eigenvalue weighted by molar-refractivity contribution is 0.0254. The highest BCUT2D eigenvalue weighted by Gasteiger charge is 2.25. The van der Waals surface area contributed by atoms with Crippen molar-refractivity contribution < 1.29 is 28.5 Å². The summed E-state index contributed by atoms with van der Waals surface area (Å²) >= 11 is 0. The second-order valence-corrected chi connectivity index (χ2v) is 10.7. The number of carbonyl (C=O) groups excluding carboxylic acids is 1. The third-order valence-electron chi connectivity index (χ3n) is 8.08. The zero-order valence-electron chi connectivity index (χ0n) is 24.1. The zero-order valence-corrected chi connectivity index (χ0v) is 24.1. The molecule has 43 heavy (non-hydrogen) atoms. The minimum Gasteiger partial charge on any atom is -0.496 e. The normalized spacial score (nSPS) is 16.3. The first-order valence-electron chi connectivity index (χ1n) is 14.6. The first-order chi connectivity index (χ1) is 21.1. The number of aliphatic hydroxyl groups is 1. The van der Waals surface area contributed by atoms with Crippen LogP contribution < -0.4 is 9.47 Å². The molecule has 0 bridgehead atoms. The number of hydrogen-bond donors (Lipinski definition) is 1. The van der Waals surface area contributed by atoms with E-state index in [1.54, 1.807) is 19.4 Å². The van der Waals surface area contributed by atoms with E-state index in [4.69, 9.17) is 18.6 Å². The van der Waals surface area contributed by atoms with Crippen molar-refractivity contribution in [3.63, 3.8) is 0 Å². The van der Waals surface area contributed by atoms with Gasteiger partial charge in [-0.2, -0.15) is 5.26 Å². The Morgan fingerprint density at radius 2 is 1.84 bits per heavy atom. The molecule has 10 nitrogen and oxygen atoms in total. The summed E-state index contributed by atoms with van der Waals surface area (Å²) in [5.41, 5.74) is 4.60. The van der Waals surface area contributed by atoms with E-state index >= 15 is 0 Å². The highest BCUT2D eigenvalue weighted by molar-refractivity contribution is 5.98. The van der Waals surface area contributed by atoms with Gasteiger partial charge in [0.25, 0.3) is 5.91 Å². The Hall–Kier alpha value is -4.43. The first kappa shape index (κ1) is 28.7. The molecule has 4 heterocycles. The molecule has 0 unspecified atom stereocenters. The number of hydrogen-bond acceptors (Lipinski definition) is 9. The lowest BCUT2D eigenvalue weighted by atomic mass is 10.0. The van der Waals surface area contributed by atoms with E-state index in [0.29, 0.717) is 72.3 Å². The molecule has 2 aromatic carbocycles. The maximum atomic E-state index is 13.3. The van der Waals surface area contributed by atoms with Gasteiger partial charge in [-0.05, 0) is 35.9 Å². The number of pyridine rings is 1. The van der Waals surface area contributed by atoms with Crippen LogP contribution in [0.2, 0.25) is 0 Å². The molecule has 0 radical (unpaired) electrons. The van der Waals surface area contributed by atoms with Crippen LogP contribution in [0.15, 0.2) is 59.1 Å². The van der Waals surface area contributed by atoms with Crippen LogP contribution in [0.25, 0.3) is 33.6 Å². The Labute approximate surface area is 250 Å². The van der Waals surface area contributed by atoms with Crippen molar-refractivity contribution in [3.05, 3.63) is 65.9 Å². The van der Waals surface area contributed by atoms with Gasteiger partial charge in [-0.15, -0.1) is 0 Å². The molecule has 2 fully saturated rings. The molecule has 0 aliphatic carbocycles. The van der Waals surface area contributed by atoms with Crippen LogP contribution >= 0.6 is 0 Å². The number of benzene rings is 2. The van der Waals surface area contributed by atoms with Crippen LogP contribution in [-0.2, 0) is 4.74 Å². The summed E-state index contributed by atoms with van der Waals surface area (Å²) in [5.74, 6) is 1.54. The second kappa shape index (κ2) is 12.8. The van der Waals surface area contributed by atoms with Crippen LogP contribution in [0, 0.1) is 11.3 Å². The van der Waals surface area contributed by atoms with Crippen LogP contribution in [0.4, 0.5) is 0 Å². The molecule has 2 aromatic heterocycles. The topological polar surface area (TPSA) is 121 Å². The molecule has 1 amide bonds. The third kappa shape index (κ3) is 6.06. The number of β-amino-alcohol motifs (C(OH)–C–C–N with tert-alkyl or cyclic N) is 1. The number of fused-ring (bicyclic) bond motifs is 1. The smallest absolute Gasteiger partial charge is 0.257 e. The number of methoxy groups -OCH3 is 1. The van der Waals surface area contributed by atoms with Gasteiger partial charge in [0, 0.05) is 69.0 Å². The van der Waals surface area contributed by atoms with E-state index in [1.807, 2.05) is 47.4 Å². The number of furan rings is 1. The number of nitriles is 1. The average molecular weight is 583 g/mol. The van der Waals surface area contributed by atoms with Crippen molar-refractivity contribution in [2.45, 2.75) is 18.9 Å². The highest BCUT2D eigenvalue weighted by Crippen LogP contribution is 2.37. The van der Waals surface area contributed by atoms with Crippen molar-refractivity contribution in [2.75, 3.05) is 59.7 Å². The zero-order chi connectivity index (χ0) is 29.8. The first-order valence-corrected chi connectivity index (χ1v) is 14.6. The van der Waals surface area contributed by atoms with Crippen molar-refractivity contribution >= 4 is 17.0 Å². The molecule has 2 aliphatic heterocycles. The lowest BCUT2D eigenvalue weighted by Crippen LogP contribution is -2.49. The highest BCUT2D eigenvalue weighted by atomic mass is 16.5. The van der Waals surface area contributed by atoms with E-state index in [-0.39, 0.29) is 18.6 Å². The maximum Gasteiger partial charge on any atom is 0.257 e. The van der Waals surface area contributed by atoms with Crippen molar-refractivity contribution in [2.24, 2.45) is 0 Å². The quantitative estimate of drug-likeness (QED) is 0.323. The standard InChI is InChI=1S/C33H34N4O6/c1-40-31-19-23(2-4-27(31)33(39)37-12-10-36(11-13-37)14-15-38)30-20-28-32(43-30)26(6-9-35-28)22-3-5-29(24(18-22)21-34)42-25-7-16-41-17-8-25/h2-6,9,18-20,25,38H,7-8,10-17H2,1H3. The SMILES string of the molecule is COc1cc(-c2cc3nccc(-c4ccc(OC5CCOCC5)c(C#N)c4)c3o2)ccc1C(=O)N1CCN(CCO)CC1. The molecule has 2 aliphatic rings. The maximum absolute atomic E-state index is 13.3.